The van der Waals surface area contributed by atoms with Gasteiger partial charge in [-0.15, -0.1) is 0 Å². The zero-order valence-electron chi connectivity index (χ0n) is 16.6. The number of unbranched alkanes of at least 4 members (excludes halogenated alkanes) is 14. The summed E-state index contributed by atoms with van der Waals surface area (Å²) >= 11 is 0. The van der Waals surface area contributed by atoms with Crippen molar-refractivity contribution in [2.45, 2.75) is 116 Å². The molecule has 0 aliphatic heterocycles. The average molecular weight is 369 g/mol. The molecule has 0 saturated carbocycles. The van der Waals surface area contributed by atoms with Gasteiger partial charge in [0.05, 0.1) is 0 Å². The summed E-state index contributed by atoms with van der Waals surface area (Å²) in [6.45, 7) is 0. The topological polar surface area (TPSA) is 74.6 Å². The molecule has 0 aliphatic carbocycles. The van der Waals surface area contributed by atoms with Crippen molar-refractivity contribution in [2.24, 2.45) is 0 Å². The first-order valence-electron chi connectivity index (χ1n) is 10.7. The third-order valence-electron chi connectivity index (χ3n) is 4.70. The minimum absolute atomic E-state index is 0.239. The summed E-state index contributed by atoms with van der Waals surface area (Å²) < 4.78 is 0. The van der Waals surface area contributed by atoms with Gasteiger partial charge in [-0.1, -0.05) is 89.2 Å². The molecule has 26 heavy (non-hydrogen) atoms. The van der Waals surface area contributed by atoms with Gasteiger partial charge in [-0.3, -0.25) is 9.59 Å². The molecule has 2 N–H and O–H groups in total. The van der Waals surface area contributed by atoms with Crippen molar-refractivity contribution in [1.29, 1.82) is 0 Å². The molecule has 4 heteroatoms. The highest BCUT2D eigenvalue weighted by atomic mass is 16.4. The predicted molar refractivity (Wildman–Crippen MR) is 108 cm³/mol. The van der Waals surface area contributed by atoms with Crippen molar-refractivity contribution >= 4 is 11.9 Å². The number of hydrogen-bond donors (Lipinski definition) is 2. The normalized spacial score (nSPS) is 11.2. The lowest BCUT2D eigenvalue weighted by molar-refractivity contribution is -0.138. The maximum atomic E-state index is 10.4. The molecule has 152 valence electrons. The van der Waals surface area contributed by atoms with E-state index in [1.807, 2.05) is 6.08 Å². The highest BCUT2D eigenvalue weighted by molar-refractivity contribution is 5.66. The number of rotatable bonds is 20. The van der Waals surface area contributed by atoms with Crippen LogP contribution in [-0.2, 0) is 9.59 Å². The molecule has 0 rings (SSSR count). The van der Waals surface area contributed by atoms with E-state index in [2.05, 4.69) is 6.08 Å². The zero-order chi connectivity index (χ0) is 19.3. The molecule has 0 fully saturated rings. The Hall–Kier alpha value is -1.32. The summed E-state index contributed by atoms with van der Waals surface area (Å²) in [5, 5.41) is 17.1. The van der Waals surface area contributed by atoms with Crippen LogP contribution >= 0.6 is 0 Å². The van der Waals surface area contributed by atoms with Crippen molar-refractivity contribution in [3.63, 3.8) is 0 Å². The predicted octanol–water partition coefficient (Wildman–Crippen LogP) is 6.73. The van der Waals surface area contributed by atoms with E-state index in [0.29, 0.717) is 12.8 Å². The van der Waals surface area contributed by atoms with E-state index in [4.69, 9.17) is 10.2 Å². The fraction of sp³-hybridized carbons (Fsp3) is 0.818. The number of carboxylic acid groups (broad SMARTS) is 2. The number of allylic oxidation sites excluding steroid dienone is 2. The molecule has 0 spiro atoms. The Labute approximate surface area is 160 Å². The van der Waals surface area contributed by atoms with Crippen LogP contribution in [0.4, 0.5) is 0 Å². The monoisotopic (exact) mass is 368 g/mol. The van der Waals surface area contributed by atoms with Gasteiger partial charge in [-0.25, -0.2) is 0 Å². The molecule has 0 aromatic carbocycles. The molecular formula is C22H40O4. The first kappa shape index (κ1) is 24.7. The van der Waals surface area contributed by atoms with E-state index in [0.717, 1.165) is 19.3 Å². The van der Waals surface area contributed by atoms with Crippen LogP contribution in [0.3, 0.4) is 0 Å². The van der Waals surface area contributed by atoms with Crippen LogP contribution in [0.2, 0.25) is 0 Å². The largest absolute Gasteiger partial charge is 0.481 e. The number of aliphatic carboxylic acids is 2. The second-order valence-electron chi connectivity index (χ2n) is 7.29. The summed E-state index contributed by atoms with van der Waals surface area (Å²) in [6.07, 6.45) is 23.9. The van der Waals surface area contributed by atoms with E-state index in [-0.39, 0.29) is 6.42 Å². The minimum atomic E-state index is -0.720. The molecule has 4 nitrogen and oxygen atoms in total. The molecule has 0 radical (unpaired) electrons. The summed E-state index contributed by atoms with van der Waals surface area (Å²) in [4.78, 5) is 20.7. The van der Waals surface area contributed by atoms with Gasteiger partial charge < -0.3 is 10.2 Å². The van der Waals surface area contributed by atoms with Crippen LogP contribution in [0.25, 0.3) is 0 Å². The summed E-state index contributed by atoms with van der Waals surface area (Å²) in [6, 6.07) is 0. The maximum absolute atomic E-state index is 10.4. The molecule has 0 aromatic rings. The van der Waals surface area contributed by atoms with Crippen molar-refractivity contribution in [2.75, 3.05) is 0 Å². The Kier molecular flexibility index (Phi) is 19.0. The maximum Gasteiger partial charge on any atom is 0.303 e. The quantitative estimate of drug-likeness (QED) is 0.184. The van der Waals surface area contributed by atoms with Gasteiger partial charge in [0.25, 0.3) is 0 Å². The molecule has 0 aromatic heterocycles. The highest BCUT2D eigenvalue weighted by Gasteiger charge is 1.97. The van der Waals surface area contributed by atoms with Gasteiger partial charge in [0.2, 0.25) is 0 Å². The Balaban J connectivity index is 3.07. The van der Waals surface area contributed by atoms with Crippen LogP contribution in [0, 0.1) is 0 Å². The van der Waals surface area contributed by atoms with Crippen molar-refractivity contribution in [3.8, 4) is 0 Å². The van der Waals surface area contributed by atoms with Crippen LogP contribution in [0.15, 0.2) is 12.2 Å². The van der Waals surface area contributed by atoms with E-state index >= 15 is 0 Å². The number of carboxylic acids is 2. The number of carbonyl (C=O) groups is 2. The molecule has 0 saturated heterocycles. The van der Waals surface area contributed by atoms with Crippen LogP contribution in [0.5, 0.6) is 0 Å². The molecule has 0 aliphatic rings. The average Bonchev–Trinajstić information content (AvgIpc) is 2.59. The van der Waals surface area contributed by atoms with E-state index in [1.54, 1.807) is 0 Å². The van der Waals surface area contributed by atoms with Crippen molar-refractivity contribution in [1.82, 2.24) is 0 Å². The lowest BCUT2D eigenvalue weighted by Gasteiger charge is -2.03. The van der Waals surface area contributed by atoms with Gasteiger partial charge >= 0.3 is 11.9 Å². The van der Waals surface area contributed by atoms with Crippen LogP contribution in [0.1, 0.15) is 116 Å². The third kappa shape index (κ3) is 22.7. The van der Waals surface area contributed by atoms with Crippen molar-refractivity contribution < 1.29 is 19.8 Å². The molecular weight excluding hydrogens is 328 g/mol. The fourth-order valence-electron chi connectivity index (χ4n) is 3.10. The minimum Gasteiger partial charge on any atom is -0.481 e. The van der Waals surface area contributed by atoms with E-state index < -0.39 is 11.9 Å². The lowest BCUT2D eigenvalue weighted by Crippen LogP contribution is -1.93. The van der Waals surface area contributed by atoms with Gasteiger partial charge in [-0.2, -0.15) is 0 Å². The van der Waals surface area contributed by atoms with Gasteiger partial charge in [0, 0.05) is 12.8 Å². The standard InChI is InChI=1S/C22H40O4/c23-21(24)19-17-15-13-11-9-7-5-3-1-2-4-6-8-10-12-14-16-18-20-22(25)26/h13,15H,1-12,14,16-20H2,(H,23,24)(H,25,26)/b15-13-. The molecule has 0 atom stereocenters. The van der Waals surface area contributed by atoms with Crippen molar-refractivity contribution in [3.05, 3.63) is 12.2 Å². The van der Waals surface area contributed by atoms with Crippen LogP contribution < -0.4 is 0 Å². The third-order valence-corrected chi connectivity index (χ3v) is 4.70. The van der Waals surface area contributed by atoms with E-state index in [9.17, 15) is 9.59 Å². The SMILES string of the molecule is O=C(O)CC/C=C\CCCCCCCCCCCCCCCCC(=O)O. The smallest absolute Gasteiger partial charge is 0.303 e. The lowest BCUT2D eigenvalue weighted by atomic mass is 10.0. The van der Waals surface area contributed by atoms with Gasteiger partial charge in [-0.05, 0) is 25.7 Å². The van der Waals surface area contributed by atoms with E-state index in [1.165, 1.54) is 77.0 Å². The molecule has 0 bridgehead atoms. The summed E-state index contributed by atoms with van der Waals surface area (Å²) in [7, 11) is 0. The molecule has 0 amide bonds. The first-order chi connectivity index (χ1) is 12.6. The van der Waals surface area contributed by atoms with Gasteiger partial charge in [0.15, 0.2) is 0 Å². The van der Waals surface area contributed by atoms with Crippen LogP contribution in [-0.4, -0.2) is 22.2 Å². The zero-order valence-corrected chi connectivity index (χ0v) is 16.6. The second kappa shape index (κ2) is 20.0. The molecule has 0 heterocycles. The summed E-state index contributed by atoms with van der Waals surface area (Å²) in [5.41, 5.74) is 0. The highest BCUT2D eigenvalue weighted by Crippen LogP contribution is 2.13. The summed E-state index contributed by atoms with van der Waals surface area (Å²) in [5.74, 6) is -1.39. The Morgan fingerprint density at radius 2 is 0.808 bits per heavy atom. The Morgan fingerprint density at radius 3 is 1.23 bits per heavy atom. The first-order valence-corrected chi connectivity index (χ1v) is 10.7. The van der Waals surface area contributed by atoms with Gasteiger partial charge in [0.1, 0.15) is 0 Å². The fourth-order valence-corrected chi connectivity index (χ4v) is 3.10. The Bertz CT molecular complexity index is 363. The second-order valence-corrected chi connectivity index (χ2v) is 7.29. The molecule has 0 unspecified atom stereocenters. The Morgan fingerprint density at radius 1 is 0.462 bits per heavy atom. The number of hydrogen-bond acceptors (Lipinski definition) is 2.